The van der Waals surface area contributed by atoms with Crippen molar-refractivity contribution in [1.82, 2.24) is 9.34 Å². The van der Waals surface area contributed by atoms with Crippen molar-refractivity contribution in [3.8, 4) is 0 Å². The van der Waals surface area contributed by atoms with Gasteiger partial charge in [0.05, 0.1) is 13.1 Å². The second kappa shape index (κ2) is 4.00. The average Bonchev–Trinajstić information content (AvgIpc) is 2.24. The first-order valence-corrected chi connectivity index (χ1v) is 7.23. The largest absolute Gasteiger partial charge is 0.636 e. The molecule has 0 saturated carbocycles. The van der Waals surface area contributed by atoms with Gasteiger partial charge >= 0.3 is 0 Å². The van der Waals surface area contributed by atoms with E-state index in [9.17, 15) is 4.89 Å². The fourth-order valence-corrected chi connectivity index (χ4v) is 5.29. The first-order valence-electron chi connectivity index (χ1n) is 4.71. The molecule has 0 atom stereocenters. The van der Waals surface area contributed by atoms with Gasteiger partial charge in [0.15, 0.2) is 0 Å². The molecule has 1 aliphatic heterocycles. The summed E-state index contributed by atoms with van der Waals surface area (Å²) in [5, 5.41) is 0. The second-order valence-corrected chi connectivity index (χ2v) is 7.28. The molecule has 0 amide bonds. The van der Waals surface area contributed by atoms with E-state index < -0.39 is 7.14 Å². The summed E-state index contributed by atoms with van der Waals surface area (Å²) >= 11 is 6.10. The van der Waals surface area contributed by atoms with Crippen LogP contribution in [0.4, 0.5) is 0 Å². The van der Waals surface area contributed by atoms with Crippen LogP contribution in [0.1, 0.15) is 27.7 Å². The van der Waals surface area contributed by atoms with Crippen molar-refractivity contribution >= 4 is 18.4 Å². The first kappa shape index (κ1) is 11.7. The van der Waals surface area contributed by atoms with E-state index in [-0.39, 0.29) is 12.1 Å². The van der Waals surface area contributed by atoms with Crippen molar-refractivity contribution in [3.63, 3.8) is 0 Å². The molecule has 0 aromatic carbocycles. The fourth-order valence-electron chi connectivity index (χ4n) is 1.69. The van der Waals surface area contributed by atoms with Crippen LogP contribution < -0.4 is 4.89 Å². The molecule has 5 heteroatoms. The van der Waals surface area contributed by atoms with E-state index in [4.69, 9.17) is 11.2 Å². The molecule has 0 aromatic rings. The van der Waals surface area contributed by atoms with Gasteiger partial charge in [-0.2, -0.15) is 0 Å². The Morgan fingerprint density at radius 2 is 1.38 bits per heavy atom. The summed E-state index contributed by atoms with van der Waals surface area (Å²) in [5.74, 6) is 0. The van der Waals surface area contributed by atoms with E-state index >= 15 is 0 Å². The molecule has 0 aromatic heterocycles. The van der Waals surface area contributed by atoms with E-state index in [1.165, 1.54) is 0 Å². The molecule has 3 nitrogen and oxygen atoms in total. The SMILES string of the molecule is CC(C)N1CCN(C(C)C)[P+]1([O-])Cl. The normalized spacial score (nSPS) is 24.9. The predicted molar refractivity (Wildman–Crippen MR) is 56.5 cm³/mol. The van der Waals surface area contributed by atoms with Crippen molar-refractivity contribution < 1.29 is 4.89 Å². The third-order valence-electron chi connectivity index (χ3n) is 2.38. The zero-order valence-electron chi connectivity index (χ0n) is 8.70. The highest BCUT2D eigenvalue weighted by Crippen LogP contribution is 2.66. The zero-order valence-corrected chi connectivity index (χ0v) is 10.3. The first-order chi connectivity index (χ1) is 5.87. The Kier molecular flexibility index (Phi) is 3.59. The van der Waals surface area contributed by atoms with Crippen molar-refractivity contribution in [3.05, 3.63) is 0 Å². The summed E-state index contributed by atoms with van der Waals surface area (Å²) in [6.07, 6.45) is 0. The van der Waals surface area contributed by atoms with Crippen LogP contribution in [0.2, 0.25) is 0 Å². The maximum absolute atomic E-state index is 12.2. The van der Waals surface area contributed by atoms with Gasteiger partial charge in [0.2, 0.25) is 7.14 Å². The predicted octanol–water partition coefficient (Wildman–Crippen LogP) is 1.70. The Labute approximate surface area is 86.0 Å². The molecule has 78 valence electrons. The van der Waals surface area contributed by atoms with Gasteiger partial charge < -0.3 is 4.89 Å². The summed E-state index contributed by atoms with van der Waals surface area (Å²) in [7, 11) is -2.74. The molecule has 0 unspecified atom stereocenters. The lowest BCUT2D eigenvalue weighted by Gasteiger charge is -2.35. The lowest BCUT2D eigenvalue weighted by atomic mass is 10.3. The van der Waals surface area contributed by atoms with Crippen LogP contribution in [0.5, 0.6) is 0 Å². The number of hydrogen-bond acceptors (Lipinski definition) is 3. The van der Waals surface area contributed by atoms with Crippen LogP contribution >= 0.6 is 18.4 Å². The quantitative estimate of drug-likeness (QED) is 0.669. The molecular formula is C8H18ClN2OP. The maximum Gasteiger partial charge on any atom is 0.214 e. The molecule has 1 rings (SSSR count). The Hall–Kier alpha value is 0.600. The molecular weight excluding hydrogens is 207 g/mol. The molecule has 1 aliphatic rings. The van der Waals surface area contributed by atoms with Crippen LogP contribution in [0, 0.1) is 0 Å². The van der Waals surface area contributed by atoms with Crippen molar-refractivity contribution in [2.75, 3.05) is 13.1 Å². The number of halogens is 1. The van der Waals surface area contributed by atoms with Gasteiger partial charge in [-0.05, 0) is 27.7 Å². The fraction of sp³-hybridized carbons (Fsp3) is 1.00. The molecule has 1 heterocycles. The Morgan fingerprint density at radius 1 is 1.08 bits per heavy atom. The van der Waals surface area contributed by atoms with Gasteiger partial charge in [0, 0.05) is 12.1 Å². The number of rotatable bonds is 2. The molecule has 0 N–H and O–H groups in total. The van der Waals surface area contributed by atoms with Crippen molar-refractivity contribution in [2.45, 2.75) is 39.8 Å². The van der Waals surface area contributed by atoms with E-state index in [0.29, 0.717) is 0 Å². The minimum atomic E-state index is -2.74. The summed E-state index contributed by atoms with van der Waals surface area (Å²) in [4.78, 5) is 12.2. The molecule has 1 saturated heterocycles. The van der Waals surface area contributed by atoms with E-state index in [1.54, 1.807) is 0 Å². The number of hydrogen-bond donors (Lipinski definition) is 0. The second-order valence-electron chi connectivity index (χ2n) is 3.99. The summed E-state index contributed by atoms with van der Waals surface area (Å²) in [6.45, 7) is 9.74. The van der Waals surface area contributed by atoms with Crippen LogP contribution in [0.3, 0.4) is 0 Å². The monoisotopic (exact) mass is 224 g/mol. The zero-order chi connectivity index (χ0) is 10.2. The topological polar surface area (TPSA) is 29.5 Å². The average molecular weight is 225 g/mol. The van der Waals surface area contributed by atoms with Crippen molar-refractivity contribution in [1.29, 1.82) is 0 Å². The summed E-state index contributed by atoms with van der Waals surface area (Å²) < 4.78 is 3.79. The third kappa shape index (κ3) is 2.16. The summed E-state index contributed by atoms with van der Waals surface area (Å²) in [6, 6.07) is 0.513. The minimum absolute atomic E-state index is 0.257. The molecule has 0 bridgehead atoms. The molecule has 0 radical (unpaired) electrons. The van der Waals surface area contributed by atoms with Crippen LogP contribution in [-0.4, -0.2) is 34.5 Å². The van der Waals surface area contributed by atoms with Gasteiger partial charge in [-0.1, -0.05) is 0 Å². The van der Waals surface area contributed by atoms with Gasteiger partial charge in [0.1, 0.15) is 11.2 Å². The molecule has 0 spiro atoms. The minimum Gasteiger partial charge on any atom is -0.636 e. The standard InChI is InChI=1S/C8H18ClN2OP/c1-7(2)10-5-6-11(8(3)4)13(10,9)12/h7-8H,5-6H2,1-4H3. The van der Waals surface area contributed by atoms with Gasteiger partial charge in [0.25, 0.3) is 0 Å². The third-order valence-corrected chi connectivity index (χ3v) is 6.14. The van der Waals surface area contributed by atoms with Gasteiger partial charge in [-0.3, -0.25) is 0 Å². The van der Waals surface area contributed by atoms with Gasteiger partial charge in [-0.15, -0.1) is 9.34 Å². The molecule has 0 aliphatic carbocycles. The lowest BCUT2D eigenvalue weighted by molar-refractivity contribution is -0.184. The lowest BCUT2D eigenvalue weighted by Crippen LogP contribution is -2.36. The summed E-state index contributed by atoms with van der Waals surface area (Å²) in [5.41, 5.74) is 0. The van der Waals surface area contributed by atoms with Crippen LogP contribution in [0.15, 0.2) is 0 Å². The van der Waals surface area contributed by atoms with E-state index in [0.717, 1.165) is 13.1 Å². The van der Waals surface area contributed by atoms with Crippen molar-refractivity contribution in [2.24, 2.45) is 0 Å². The van der Waals surface area contributed by atoms with E-state index in [1.807, 2.05) is 37.0 Å². The van der Waals surface area contributed by atoms with Crippen LogP contribution in [0.25, 0.3) is 0 Å². The number of nitrogens with zero attached hydrogens (tertiary/aromatic N) is 2. The Morgan fingerprint density at radius 3 is 1.54 bits per heavy atom. The highest BCUT2D eigenvalue weighted by atomic mass is 35.7. The smallest absolute Gasteiger partial charge is 0.214 e. The highest BCUT2D eigenvalue weighted by Gasteiger charge is 2.48. The highest BCUT2D eigenvalue weighted by molar-refractivity contribution is 7.89. The maximum atomic E-state index is 12.2. The molecule has 1 fully saturated rings. The Bertz CT molecular complexity index is 169. The van der Waals surface area contributed by atoms with Gasteiger partial charge in [-0.25, -0.2) is 0 Å². The van der Waals surface area contributed by atoms with E-state index in [2.05, 4.69) is 0 Å². The Balaban J connectivity index is 2.76. The van der Waals surface area contributed by atoms with Crippen LogP contribution in [-0.2, 0) is 0 Å². The molecule has 13 heavy (non-hydrogen) atoms.